The van der Waals surface area contributed by atoms with Crippen molar-refractivity contribution < 1.29 is 0 Å². The zero-order chi connectivity index (χ0) is 14.1. The smallest absolute Gasteiger partial charge is 0.0777 e. The van der Waals surface area contributed by atoms with E-state index in [0.717, 1.165) is 13.0 Å². The molecule has 106 valence electrons. The summed E-state index contributed by atoms with van der Waals surface area (Å²) in [5, 5.41) is 5.87. The van der Waals surface area contributed by atoms with Crippen LogP contribution in [0.5, 0.6) is 0 Å². The van der Waals surface area contributed by atoms with E-state index < -0.39 is 0 Å². The highest BCUT2D eigenvalue weighted by Gasteiger charge is 2.21. The molecule has 0 amide bonds. The van der Waals surface area contributed by atoms with Crippen LogP contribution >= 0.6 is 49.9 Å². The summed E-state index contributed by atoms with van der Waals surface area (Å²) in [5.74, 6) is 0. The Bertz CT molecular complexity index is 681. The maximum Gasteiger partial charge on any atom is 0.0777 e. The van der Waals surface area contributed by atoms with Gasteiger partial charge in [0.1, 0.15) is 0 Å². The summed E-state index contributed by atoms with van der Waals surface area (Å²) >= 11 is 9.34. The number of hydrogen-bond acceptors (Lipinski definition) is 4. The van der Waals surface area contributed by atoms with Crippen LogP contribution < -0.4 is 5.32 Å². The Morgan fingerprint density at radius 2 is 2.10 bits per heavy atom. The summed E-state index contributed by atoms with van der Waals surface area (Å²) < 4.78 is 4.03. The number of thiophene rings is 3. The second kappa shape index (κ2) is 6.28. The molecule has 0 aliphatic heterocycles. The van der Waals surface area contributed by atoms with Gasteiger partial charge < -0.3 is 5.32 Å². The van der Waals surface area contributed by atoms with Gasteiger partial charge in [-0.05, 0) is 59.4 Å². The van der Waals surface area contributed by atoms with Gasteiger partial charge in [-0.1, -0.05) is 6.92 Å². The van der Waals surface area contributed by atoms with Crippen LogP contribution in [0.3, 0.4) is 0 Å². The molecule has 0 aliphatic rings. The first-order valence-electron chi connectivity index (χ1n) is 6.65. The van der Waals surface area contributed by atoms with Crippen LogP contribution in [0, 0.1) is 6.92 Å². The summed E-state index contributed by atoms with van der Waals surface area (Å²) in [6, 6.07) is 7.10. The van der Waals surface area contributed by atoms with E-state index in [9.17, 15) is 0 Å². The van der Waals surface area contributed by atoms with Gasteiger partial charge >= 0.3 is 0 Å². The lowest BCUT2D eigenvalue weighted by molar-refractivity contribution is 0.612. The van der Waals surface area contributed by atoms with E-state index in [1.807, 2.05) is 34.0 Å². The Morgan fingerprint density at radius 1 is 1.25 bits per heavy atom. The zero-order valence-corrected chi connectivity index (χ0v) is 15.4. The summed E-state index contributed by atoms with van der Waals surface area (Å²) in [4.78, 5) is 4.17. The first-order chi connectivity index (χ1) is 9.69. The van der Waals surface area contributed by atoms with Gasteiger partial charge in [-0.15, -0.1) is 34.0 Å². The molecule has 3 aromatic heterocycles. The third-order valence-corrected chi connectivity index (χ3v) is 7.33. The number of aryl methyl sites for hydroxylation is 1. The fourth-order valence-corrected chi connectivity index (χ4v) is 6.49. The quantitative estimate of drug-likeness (QED) is 0.552. The highest BCUT2D eigenvalue weighted by atomic mass is 79.9. The minimum absolute atomic E-state index is 0.313. The molecule has 0 bridgehead atoms. The van der Waals surface area contributed by atoms with Crippen LogP contribution in [0.25, 0.3) is 9.40 Å². The molecule has 3 aromatic rings. The van der Waals surface area contributed by atoms with Gasteiger partial charge in [0, 0.05) is 28.5 Å². The maximum atomic E-state index is 3.72. The van der Waals surface area contributed by atoms with Crippen molar-refractivity contribution in [1.82, 2.24) is 5.32 Å². The van der Waals surface area contributed by atoms with E-state index in [0.29, 0.717) is 6.04 Å². The largest absolute Gasteiger partial charge is 0.305 e. The molecule has 0 fully saturated rings. The molecule has 1 nitrogen and oxygen atoms in total. The Morgan fingerprint density at radius 3 is 2.75 bits per heavy atom. The molecule has 1 unspecified atom stereocenters. The minimum atomic E-state index is 0.313. The van der Waals surface area contributed by atoms with Gasteiger partial charge in [-0.2, -0.15) is 0 Å². The van der Waals surface area contributed by atoms with Gasteiger partial charge in [0.15, 0.2) is 0 Å². The fourth-order valence-electron chi connectivity index (χ4n) is 2.24. The van der Waals surface area contributed by atoms with Crippen LogP contribution in [-0.2, 0) is 0 Å². The zero-order valence-electron chi connectivity index (χ0n) is 11.4. The summed E-state index contributed by atoms with van der Waals surface area (Å²) in [6.45, 7) is 5.42. The molecule has 0 saturated heterocycles. The second-order valence-electron chi connectivity index (χ2n) is 4.75. The van der Waals surface area contributed by atoms with Crippen LogP contribution in [0.4, 0.5) is 0 Å². The van der Waals surface area contributed by atoms with Crippen molar-refractivity contribution in [3.63, 3.8) is 0 Å². The molecule has 0 spiro atoms. The number of hydrogen-bond donors (Lipinski definition) is 1. The van der Waals surface area contributed by atoms with Gasteiger partial charge in [0.25, 0.3) is 0 Å². The van der Waals surface area contributed by atoms with Crippen molar-refractivity contribution in [3.05, 3.63) is 42.7 Å². The summed E-state index contributed by atoms with van der Waals surface area (Å²) in [7, 11) is 0. The molecule has 0 radical (unpaired) electrons. The Hall–Kier alpha value is -0.200. The average Bonchev–Trinajstić information content (AvgIpc) is 3.05. The maximum absolute atomic E-state index is 3.72. The SMILES string of the molecule is CCCNC(c1cc2sccc2s1)c1sc(C)cc1Br. The first kappa shape index (κ1) is 14.7. The topological polar surface area (TPSA) is 12.0 Å². The Labute approximate surface area is 139 Å². The number of halogens is 1. The van der Waals surface area contributed by atoms with Crippen LogP contribution in [0.2, 0.25) is 0 Å². The second-order valence-corrected chi connectivity index (χ2v) is 8.96. The molecule has 1 N–H and O–H groups in total. The highest BCUT2D eigenvalue weighted by Crippen LogP contribution is 2.40. The van der Waals surface area contributed by atoms with E-state index >= 15 is 0 Å². The molecule has 1 atom stereocenters. The minimum Gasteiger partial charge on any atom is -0.305 e. The lowest BCUT2D eigenvalue weighted by Gasteiger charge is -2.16. The third kappa shape index (κ3) is 2.88. The highest BCUT2D eigenvalue weighted by molar-refractivity contribution is 9.10. The Kier molecular flexibility index (Phi) is 4.62. The van der Waals surface area contributed by atoms with Crippen LogP contribution in [0.15, 0.2) is 28.1 Å². The van der Waals surface area contributed by atoms with E-state index in [4.69, 9.17) is 0 Å². The van der Waals surface area contributed by atoms with Crippen molar-refractivity contribution >= 4 is 59.3 Å². The van der Waals surface area contributed by atoms with Gasteiger partial charge in [-0.3, -0.25) is 0 Å². The third-order valence-electron chi connectivity index (χ3n) is 3.14. The molecule has 20 heavy (non-hydrogen) atoms. The fraction of sp³-hybridized carbons (Fsp3) is 0.333. The predicted octanol–water partition coefficient (Wildman–Crippen LogP) is 6.18. The van der Waals surface area contributed by atoms with Crippen molar-refractivity contribution in [2.45, 2.75) is 26.3 Å². The lowest BCUT2D eigenvalue weighted by Crippen LogP contribution is -2.21. The van der Waals surface area contributed by atoms with E-state index in [1.165, 1.54) is 28.5 Å². The van der Waals surface area contributed by atoms with E-state index in [2.05, 4.69) is 58.7 Å². The standard InChI is InChI=1S/C15H16BrNS3/c1-3-5-17-14(15-10(16)7-9(2)19-15)13-8-12-11(20-13)4-6-18-12/h4,6-8,14,17H,3,5H2,1-2H3. The van der Waals surface area contributed by atoms with E-state index in [1.54, 1.807) is 0 Å². The normalized spacial score (nSPS) is 13.2. The number of rotatable bonds is 5. The first-order valence-corrected chi connectivity index (χ1v) is 9.95. The summed E-state index contributed by atoms with van der Waals surface area (Å²) in [6.07, 6.45) is 1.15. The van der Waals surface area contributed by atoms with Gasteiger partial charge in [-0.25, -0.2) is 0 Å². The Balaban J connectivity index is 2.01. The molecule has 3 rings (SSSR count). The van der Waals surface area contributed by atoms with Crippen molar-refractivity contribution in [3.8, 4) is 0 Å². The predicted molar refractivity (Wildman–Crippen MR) is 96.6 cm³/mol. The average molecular weight is 386 g/mol. The van der Waals surface area contributed by atoms with E-state index in [-0.39, 0.29) is 0 Å². The molecular formula is C15H16BrNS3. The number of nitrogens with one attached hydrogen (secondary N) is 1. The molecule has 0 aliphatic carbocycles. The number of fused-ring (bicyclic) bond motifs is 1. The molecule has 0 saturated carbocycles. The molecule has 3 heterocycles. The molecule has 5 heteroatoms. The van der Waals surface area contributed by atoms with Gasteiger partial charge in [0.05, 0.1) is 6.04 Å². The molecular weight excluding hydrogens is 370 g/mol. The summed E-state index contributed by atoms with van der Waals surface area (Å²) in [5.41, 5.74) is 0. The van der Waals surface area contributed by atoms with Gasteiger partial charge in [0.2, 0.25) is 0 Å². The lowest BCUT2D eigenvalue weighted by atomic mass is 10.2. The van der Waals surface area contributed by atoms with Crippen molar-refractivity contribution in [2.75, 3.05) is 6.54 Å². The monoisotopic (exact) mass is 385 g/mol. The van der Waals surface area contributed by atoms with Crippen LogP contribution in [0.1, 0.15) is 34.0 Å². The van der Waals surface area contributed by atoms with Crippen molar-refractivity contribution in [2.24, 2.45) is 0 Å². The molecule has 0 aromatic carbocycles. The van der Waals surface area contributed by atoms with Crippen molar-refractivity contribution in [1.29, 1.82) is 0 Å². The van der Waals surface area contributed by atoms with Crippen LogP contribution in [-0.4, -0.2) is 6.54 Å².